The molecule has 0 amide bonds. The second-order valence-corrected chi connectivity index (χ2v) is 10.5. The standard InChI is InChI=1S/C21H34N2O2S/c1-17(2)20-6-8-21(9-7-20)26(24,25)23-13-10-19(11-14-23)16-22-12-4-5-18(3)15-22/h6-9,17-19H,4-5,10-16H2,1-3H3/t18-/m1/s1. The minimum Gasteiger partial charge on any atom is -0.303 e. The number of sulfonamides is 1. The van der Waals surface area contributed by atoms with Gasteiger partial charge in [-0.1, -0.05) is 32.9 Å². The topological polar surface area (TPSA) is 40.6 Å². The summed E-state index contributed by atoms with van der Waals surface area (Å²) in [6.45, 7) is 11.5. The van der Waals surface area contributed by atoms with Crippen molar-refractivity contribution in [3.63, 3.8) is 0 Å². The van der Waals surface area contributed by atoms with Gasteiger partial charge in [0, 0.05) is 26.2 Å². The van der Waals surface area contributed by atoms with Crippen molar-refractivity contribution in [2.24, 2.45) is 11.8 Å². The highest BCUT2D eigenvalue weighted by atomic mass is 32.2. The number of hydrogen-bond acceptors (Lipinski definition) is 3. The molecule has 2 aliphatic heterocycles. The Labute approximate surface area is 159 Å². The van der Waals surface area contributed by atoms with Crippen molar-refractivity contribution in [2.45, 2.75) is 57.3 Å². The van der Waals surface area contributed by atoms with Crippen molar-refractivity contribution in [1.82, 2.24) is 9.21 Å². The highest BCUT2D eigenvalue weighted by Gasteiger charge is 2.30. The maximum atomic E-state index is 12.9. The second-order valence-electron chi connectivity index (χ2n) is 8.58. The number of piperidine rings is 2. The first-order valence-electron chi connectivity index (χ1n) is 10.2. The quantitative estimate of drug-likeness (QED) is 0.779. The van der Waals surface area contributed by atoms with Gasteiger partial charge in [-0.15, -0.1) is 0 Å². The second kappa shape index (κ2) is 8.41. The molecule has 1 atom stereocenters. The molecule has 1 aromatic carbocycles. The number of benzene rings is 1. The minimum atomic E-state index is -3.35. The third-order valence-corrected chi connectivity index (χ3v) is 7.93. The first-order valence-corrected chi connectivity index (χ1v) is 11.6. The Morgan fingerprint density at radius 2 is 1.69 bits per heavy atom. The van der Waals surface area contributed by atoms with Crippen LogP contribution in [0.3, 0.4) is 0 Å². The molecule has 3 rings (SSSR count). The van der Waals surface area contributed by atoms with E-state index in [9.17, 15) is 8.42 Å². The molecule has 2 saturated heterocycles. The molecule has 0 unspecified atom stereocenters. The zero-order valence-corrected chi connectivity index (χ0v) is 17.3. The predicted octanol–water partition coefficient (Wildman–Crippen LogP) is 3.94. The maximum absolute atomic E-state index is 12.9. The summed E-state index contributed by atoms with van der Waals surface area (Å²) in [5.74, 6) is 1.85. The Hall–Kier alpha value is -0.910. The van der Waals surface area contributed by atoms with E-state index < -0.39 is 10.0 Å². The van der Waals surface area contributed by atoms with Gasteiger partial charge in [0.1, 0.15) is 0 Å². The highest BCUT2D eigenvalue weighted by molar-refractivity contribution is 7.89. The monoisotopic (exact) mass is 378 g/mol. The largest absolute Gasteiger partial charge is 0.303 e. The molecule has 0 N–H and O–H groups in total. The van der Waals surface area contributed by atoms with E-state index in [0.29, 0.717) is 29.8 Å². The van der Waals surface area contributed by atoms with Crippen LogP contribution in [0.2, 0.25) is 0 Å². The molecule has 0 aliphatic carbocycles. The van der Waals surface area contributed by atoms with Gasteiger partial charge in [-0.2, -0.15) is 4.31 Å². The smallest absolute Gasteiger partial charge is 0.243 e. The average molecular weight is 379 g/mol. The Balaban J connectivity index is 1.56. The molecule has 0 radical (unpaired) electrons. The van der Waals surface area contributed by atoms with E-state index in [-0.39, 0.29) is 0 Å². The summed E-state index contributed by atoms with van der Waals surface area (Å²) in [5, 5.41) is 0. The van der Waals surface area contributed by atoms with Gasteiger partial charge in [-0.25, -0.2) is 8.42 Å². The first-order chi connectivity index (χ1) is 12.4. The van der Waals surface area contributed by atoms with Crippen LogP contribution in [0.5, 0.6) is 0 Å². The number of rotatable bonds is 5. The molecule has 4 nitrogen and oxygen atoms in total. The summed E-state index contributed by atoms with van der Waals surface area (Å²) in [6.07, 6.45) is 4.62. The van der Waals surface area contributed by atoms with Gasteiger partial charge in [-0.3, -0.25) is 0 Å². The van der Waals surface area contributed by atoms with Gasteiger partial charge in [0.25, 0.3) is 0 Å². The minimum absolute atomic E-state index is 0.417. The van der Waals surface area contributed by atoms with Crippen LogP contribution in [0.25, 0.3) is 0 Å². The lowest BCUT2D eigenvalue weighted by Crippen LogP contribution is -2.43. The third kappa shape index (κ3) is 4.68. The first kappa shape index (κ1) is 19.8. The van der Waals surface area contributed by atoms with E-state index in [1.54, 1.807) is 16.4 Å². The zero-order chi connectivity index (χ0) is 18.7. The molecule has 2 heterocycles. The summed E-state index contributed by atoms with van der Waals surface area (Å²) in [7, 11) is -3.35. The van der Waals surface area contributed by atoms with E-state index in [4.69, 9.17) is 0 Å². The lowest BCUT2D eigenvalue weighted by Gasteiger charge is -2.37. The fourth-order valence-corrected chi connectivity index (χ4v) is 5.79. The van der Waals surface area contributed by atoms with Crippen molar-refractivity contribution in [3.05, 3.63) is 29.8 Å². The van der Waals surface area contributed by atoms with E-state index in [0.717, 1.165) is 25.3 Å². The van der Waals surface area contributed by atoms with Crippen LogP contribution in [-0.2, 0) is 10.0 Å². The summed E-state index contributed by atoms with van der Waals surface area (Å²) in [6, 6.07) is 7.43. The highest BCUT2D eigenvalue weighted by Crippen LogP contribution is 2.27. The predicted molar refractivity (Wildman–Crippen MR) is 107 cm³/mol. The van der Waals surface area contributed by atoms with Crippen LogP contribution in [0.15, 0.2) is 29.2 Å². The van der Waals surface area contributed by atoms with E-state index in [1.807, 2.05) is 12.1 Å². The van der Waals surface area contributed by atoms with Crippen LogP contribution < -0.4 is 0 Å². The van der Waals surface area contributed by atoms with Gasteiger partial charge >= 0.3 is 0 Å². The fourth-order valence-electron chi connectivity index (χ4n) is 4.32. The molecule has 1 aromatic rings. The summed E-state index contributed by atoms with van der Waals surface area (Å²) in [5.41, 5.74) is 1.18. The molecule has 0 aromatic heterocycles. The molecule has 0 bridgehead atoms. The Kier molecular flexibility index (Phi) is 6.41. The van der Waals surface area contributed by atoms with E-state index >= 15 is 0 Å². The lowest BCUT2D eigenvalue weighted by atomic mass is 9.94. The molecule has 2 fully saturated rings. The average Bonchev–Trinajstić information content (AvgIpc) is 2.62. The molecule has 0 spiro atoms. The van der Waals surface area contributed by atoms with Gasteiger partial charge < -0.3 is 4.90 Å². The van der Waals surface area contributed by atoms with Gasteiger partial charge in [0.2, 0.25) is 10.0 Å². The van der Waals surface area contributed by atoms with Crippen molar-refractivity contribution in [3.8, 4) is 0 Å². The van der Waals surface area contributed by atoms with Crippen LogP contribution in [0.1, 0.15) is 57.9 Å². The Morgan fingerprint density at radius 3 is 2.27 bits per heavy atom. The van der Waals surface area contributed by atoms with Gasteiger partial charge in [0.15, 0.2) is 0 Å². The zero-order valence-electron chi connectivity index (χ0n) is 16.5. The fraction of sp³-hybridized carbons (Fsp3) is 0.714. The van der Waals surface area contributed by atoms with Crippen molar-refractivity contribution >= 4 is 10.0 Å². The third-order valence-electron chi connectivity index (χ3n) is 6.02. The Bertz CT molecular complexity index is 676. The number of likely N-dealkylation sites (tertiary alicyclic amines) is 1. The van der Waals surface area contributed by atoms with Crippen molar-refractivity contribution in [2.75, 3.05) is 32.7 Å². The summed E-state index contributed by atoms with van der Waals surface area (Å²) >= 11 is 0. The van der Waals surface area contributed by atoms with Crippen LogP contribution in [0, 0.1) is 11.8 Å². The molecule has 2 aliphatic rings. The van der Waals surface area contributed by atoms with Gasteiger partial charge in [-0.05, 0) is 67.7 Å². The van der Waals surface area contributed by atoms with Crippen molar-refractivity contribution in [1.29, 1.82) is 0 Å². The Morgan fingerprint density at radius 1 is 1.04 bits per heavy atom. The number of nitrogens with zero attached hydrogens (tertiary/aromatic N) is 2. The molecule has 26 heavy (non-hydrogen) atoms. The molecular weight excluding hydrogens is 344 g/mol. The summed E-state index contributed by atoms with van der Waals surface area (Å²) in [4.78, 5) is 3.03. The number of hydrogen-bond donors (Lipinski definition) is 0. The molecule has 0 saturated carbocycles. The van der Waals surface area contributed by atoms with E-state index in [2.05, 4.69) is 25.7 Å². The van der Waals surface area contributed by atoms with Crippen LogP contribution >= 0.6 is 0 Å². The molecular formula is C21H34N2O2S. The van der Waals surface area contributed by atoms with Crippen LogP contribution in [0.4, 0.5) is 0 Å². The van der Waals surface area contributed by atoms with E-state index in [1.165, 1.54) is 31.5 Å². The van der Waals surface area contributed by atoms with Gasteiger partial charge in [0.05, 0.1) is 4.90 Å². The molecule has 5 heteroatoms. The lowest BCUT2D eigenvalue weighted by molar-refractivity contribution is 0.136. The maximum Gasteiger partial charge on any atom is 0.243 e. The van der Waals surface area contributed by atoms with Crippen molar-refractivity contribution < 1.29 is 8.42 Å². The van der Waals surface area contributed by atoms with Crippen LogP contribution in [-0.4, -0.2) is 50.3 Å². The molecule has 146 valence electrons. The normalized spacial score (nSPS) is 24.2. The summed E-state index contributed by atoms with van der Waals surface area (Å²) < 4.78 is 27.5. The SMILES string of the molecule is CC(C)c1ccc(S(=O)(=O)N2CCC(CN3CCC[C@@H](C)C3)CC2)cc1.